The summed E-state index contributed by atoms with van der Waals surface area (Å²) in [6.45, 7) is 5.13. The van der Waals surface area contributed by atoms with E-state index >= 15 is 0 Å². The van der Waals surface area contributed by atoms with Gasteiger partial charge in [-0.05, 0) is 31.9 Å². The number of rotatable bonds is 11. The van der Waals surface area contributed by atoms with Crippen LogP contribution in [0.3, 0.4) is 0 Å². The molecule has 0 radical (unpaired) electrons. The average Bonchev–Trinajstić information content (AvgIpc) is 3.61. The Morgan fingerprint density at radius 3 is 2.00 bits per heavy atom. The van der Waals surface area contributed by atoms with Crippen LogP contribution in [0.15, 0.2) is 60.7 Å². The molecule has 3 unspecified atom stereocenters. The molecule has 1 heterocycles. The van der Waals surface area contributed by atoms with Gasteiger partial charge in [-0.3, -0.25) is 14.4 Å². The molecule has 2 aromatic carbocycles. The highest BCUT2D eigenvalue weighted by atomic mass is 16.6. The molecule has 2 aromatic rings. The second-order valence-electron chi connectivity index (χ2n) is 8.79. The number of carbonyl (C=O) groups excluding carboxylic acids is 4. The van der Waals surface area contributed by atoms with Gasteiger partial charge in [-0.25, -0.2) is 4.79 Å². The van der Waals surface area contributed by atoms with E-state index < -0.39 is 41.6 Å². The minimum Gasteiger partial charge on any atom is -0.445 e. The minimum absolute atomic E-state index is 0.0641. The van der Waals surface area contributed by atoms with Gasteiger partial charge in [0.25, 0.3) is 0 Å². The van der Waals surface area contributed by atoms with Crippen molar-refractivity contribution in [1.82, 2.24) is 16.0 Å². The first kappa shape index (κ1) is 25.9. The maximum absolute atomic E-state index is 13.0. The summed E-state index contributed by atoms with van der Waals surface area (Å²) in [4.78, 5) is 50.4. The molecule has 1 aliphatic rings. The molecular weight excluding hydrogens is 450 g/mol. The van der Waals surface area contributed by atoms with Crippen LogP contribution >= 0.6 is 0 Å². The zero-order valence-electron chi connectivity index (χ0n) is 20.1. The molecule has 186 valence electrons. The van der Waals surface area contributed by atoms with Gasteiger partial charge in [-0.15, -0.1) is 0 Å². The first-order valence-corrected chi connectivity index (χ1v) is 11.5. The van der Waals surface area contributed by atoms with Gasteiger partial charge in [-0.1, -0.05) is 60.7 Å². The standard InChI is InChI=1S/C26H31N3O6/c1-17(22(30)26(3)16-35-26)27-24(32)21(14-19-10-6-4-7-11-19)29-23(31)18(2)28-25(33)34-15-20-12-8-5-9-13-20/h4-13,17-18,21H,14-16H2,1-3H3,(H,27,32)(H,28,33)(H,29,31)/t17?,18?,21-,26?/m0/s1. The van der Waals surface area contributed by atoms with Gasteiger partial charge in [-0.2, -0.15) is 0 Å². The quantitative estimate of drug-likeness (QED) is 0.421. The number of Topliss-reactive ketones (excluding diaryl/α,β-unsaturated/α-hetero) is 1. The fourth-order valence-corrected chi connectivity index (χ4v) is 3.45. The molecule has 9 heteroatoms. The Kier molecular flexibility index (Phi) is 8.59. The van der Waals surface area contributed by atoms with Crippen LogP contribution in [0.1, 0.15) is 31.9 Å². The highest BCUT2D eigenvalue weighted by Crippen LogP contribution is 2.28. The van der Waals surface area contributed by atoms with Crippen LogP contribution in [0.2, 0.25) is 0 Å². The summed E-state index contributed by atoms with van der Waals surface area (Å²) in [6.07, 6.45) is -0.546. The first-order chi connectivity index (χ1) is 16.7. The van der Waals surface area contributed by atoms with Crippen molar-refractivity contribution in [2.45, 2.75) is 57.5 Å². The van der Waals surface area contributed by atoms with Crippen molar-refractivity contribution in [3.05, 3.63) is 71.8 Å². The molecule has 1 aliphatic heterocycles. The second-order valence-corrected chi connectivity index (χ2v) is 8.79. The second kappa shape index (κ2) is 11.6. The van der Waals surface area contributed by atoms with Crippen molar-refractivity contribution in [2.24, 2.45) is 0 Å². The molecule has 0 bridgehead atoms. The van der Waals surface area contributed by atoms with E-state index in [1.807, 2.05) is 60.7 Å². The molecule has 0 saturated carbocycles. The minimum atomic E-state index is -0.960. The molecule has 1 saturated heterocycles. The number of ketones is 1. The molecule has 0 aromatic heterocycles. The molecule has 4 atom stereocenters. The van der Waals surface area contributed by atoms with Gasteiger partial charge in [0.05, 0.1) is 12.6 Å². The van der Waals surface area contributed by atoms with E-state index in [4.69, 9.17) is 9.47 Å². The predicted molar refractivity (Wildman–Crippen MR) is 128 cm³/mol. The van der Waals surface area contributed by atoms with E-state index in [-0.39, 0.29) is 18.8 Å². The van der Waals surface area contributed by atoms with Gasteiger partial charge in [0, 0.05) is 6.42 Å². The average molecular weight is 482 g/mol. The normalized spacial score (nSPS) is 18.9. The number of amides is 3. The monoisotopic (exact) mass is 481 g/mol. The molecule has 35 heavy (non-hydrogen) atoms. The van der Waals surface area contributed by atoms with Gasteiger partial charge in [0.1, 0.15) is 24.3 Å². The van der Waals surface area contributed by atoms with Crippen molar-refractivity contribution < 1.29 is 28.7 Å². The van der Waals surface area contributed by atoms with E-state index in [2.05, 4.69) is 16.0 Å². The number of benzene rings is 2. The fraction of sp³-hybridized carbons (Fsp3) is 0.385. The Hall–Kier alpha value is -3.72. The van der Waals surface area contributed by atoms with Crippen molar-refractivity contribution in [3.63, 3.8) is 0 Å². The summed E-state index contributed by atoms with van der Waals surface area (Å²) in [5, 5.41) is 7.82. The Morgan fingerprint density at radius 1 is 0.857 bits per heavy atom. The Morgan fingerprint density at radius 2 is 1.43 bits per heavy atom. The maximum Gasteiger partial charge on any atom is 0.408 e. The third kappa shape index (κ3) is 7.65. The summed E-state index contributed by atoms with van der Waals surface area (Å²) in [5.74, 6) is -1.30. The lowest BCUT2D eigenvalue weighted by Gasteiger charge is -2.23. The third-order valence-electron chi connectivity index (χ3n) is 5.71. The van der Waals surface area contributed by atoms with Crippen LogP contribution in [-0.4, -0.2) is 54.0 Å². The lowest BCUT2D eigenvalue weighted by atomic mass is 10.0. The molecule has 0 aliphatic carbocycles. The van der Waals surface area contributed by atoms with Crippen LogP contribution in [0.5, 0.6) is 0 Å². The van der Waals surface area contributed by atoms with E-state index in [1.165, 1.54) is 6.92 Å². The van der Waals surface area contributed by atoms with E-state index in [0.717, 1.165) is 11.1 Å². The number of alkyl carbamates (subject to hydrolysis) is 1. The zero-order chi connectivity index (χ0) is 25.4. The number of nitrogens with one attached hydrogen (secondary N) is 3. The van der Waals surface area contributed by atoms with E-state index in [1.54, 1.807) is 13.8 Å². The molecular formula is C26H31N3O6. The lowest BCUT2D eigenvalue weighted by Crippen LogP contribution is -2.56. The maximum atomic E-state index is 13.0. The van der Waals surface area contributed by atoms with E-state index in [0.29, 0.717) is 6.61 Å². The van der Waals surface area contributed by atoms with Gasteiger partial charge >= 0.3 is 6.09 Å². The van der Waals surface area contributed by atoms with Gasteiger partial charge < -0.3 is 25.4 Å². The predicted octanol–water partition coefficient (Wildman–Crippen LogP) is 1.89. The summed E-state index contributed by atoms with van der Waals surface area (Å²) in [7, 11) is 0. The van der Waals surface area contributed by atoms with Crippen LogP contribution in [-0.2, 0) is 36.9 Å². The van der Waals surface area contributed by atoms with Crippen molar-refractivity contribution in [1.29, 1.82) is 0 Å². The number of hydrogen-bond donors (Lipinski definition) is 3. The molecule has 9 nitrogen and oxygen atoms in total. The van der Waals surface area contributed by atoms with Crippen molar-refractivity contribution in [2.75, 3.05) is 6.61 Å². The molecule has 3 N–H and O–H groups in total. The van der Waals surface area contributed by atoms with Crippen LogP contribution in [0.4, 0.5) is 4.79 Å². The van der Waals surface area contributed by atoms with Crippen LogP contribution in [0, 0.1) is 0 Å². The van der Waals surface area contributed by atoms with Crippen LogP contribution < -0.4 is 16.0 Å². The highest BCUT2D eigenvalue weighted by Gasteiger charge is 2.49. The number of hydrogen-bond acceptors (Lipinski definition) is 6. The highest BCUT2D eigenvalue weighted by molar-refractivity contribution is 5.98. The van der Waals surface area contributed by atoms with Crippen LogP contribution in [0.25, 0.3) is 0 Å². The largest absolute Gasteiger partial charge is 0.445 e. The molecule has 1 fully saturated rings. The topological polar surface area (TPSA) is 126 Å². The molecule has 3 amide bonds. The Labute approximate surface area is 204 Å². The first-order valence-electron chi connectivity index (χ1n) is 11.5. The lowest BCUT2D eigenvalue weighted by molar-refractivity contribution is -0.132. The summed E-state index contributed by atoms with van der Waals surface area (Å²) in [6, 6.07) is 15.6. The van der Waals surface area contributed by atoms with Crippen molar-refractivity contribution in [3.8, 4) is 0 Å². The molecule has 3 rings (SSSR count). The number of epoxide rings is 1. The molecule has 0 spiro atoms. The fourth-order valence-electron chi connectivity index (χ4n) is 3.45. The Bertz CT molecular complexity index is 1040. The SMILES string of the molecule is CC(NC(=O)OCc1ccccc1)C(=O)N[C@@H](Cc1ccccc1)C(=O)NC(C)C(=O)C1(C)CO1. The number of carbonyl (C=O) groups is 4. The number of ether oxygens (including phenoxy) is 2. The van der Waals surface area contributed by atoms with Gasteiger partial charge in [0.15, 0.2) is 5.78 Å². The zero-order valence-corrected chi connectivity index (χ0v) is 20.1. The van der Waals surface area contributed by atoms with Crippen molar-refractivity contribution >= 4 is 23.7 Å². The van der Waals surface area contributed by atoms with E-state index in [9.17, 15) is 19.2 Å². The Balaban J connectivity index is 1.58. The van der Waals surface area contributed by atoms with Gasteiger partial charge in [0.2, 0.25) is 11.8 Å². The summed E-state index contributed by atoms with van der Waals surface area (Å²) < 4.78 is 10.3. The summed E-state index contributed by atoms with van der Waals surface area (Å²) >= 11 is 0. The smallest absolute Gasteiger partial charge is 0.408 e. The third-order valence-corrected chi connectivity index (χ3v) is 5.71. The summed E-state index contributed by atoms with van der Waals surface area (Å²) in [5.41, 5.74) is 0.768.